The summed E-state index contributed by atoms with van der Waals surface area (Å²) in [4.78, 5) is 27.6. The van der Waals surface area contributed by atoms with E-state index in [0.29, 0.717) is 12.2 Å². The monoisotopic (exact) mass is 276 g/mol. The quantitative estimate of drug-likeness (QED) is 0.834. The fourth-order valence-electron chi connectivity index (χ4n) is 2.04. The molecule has 1 amide bonds. The van der Waals surface area contributed by atoms with Gasteiger partial charge in [-0.25, -0.2) is 0 Å². The number of benzene rings is 1. The molecule has 0 radical (unpaired) electrons. The molecule has 0 aliphatic heterocycles. The maximum absolute atomic E-state index is 12.4. The van der Waals surface area contributed by atoms with Crippen LogP contribution in [0.25, 0.3) is 10.9 Å². The highest BCUT2D eigenvalue weighted by molar-refractivity contribution is 6.07. The zero-order valence-corrected chi connectivity index (χ0v) is 11.1. The largest absolute Gasteiger partial charge is 0.480 e. The lowest BCUT2D eigenvalue weighted by Crippen LogP contribution is -2.37. The van der Waals surface area contributed by atoms with E-state index in [9.17, 15) is 9.59 Å². The topological polar surface area (TPSA) is 82.6 Å². The second-order valence-corrected chi connectivity index (χ2v) is 4.36. The summed E-state index contributed by atoms with van der Waals surface area (Å²) in [5.74, 6) is -1.36. The number of aliphatic carboxylic acids is 1. The predicted octanol–water partition coefficient (Wildman–Crippen LogP) is 1.34. The molecule has 0 saturated carbocycles. The first kappa shape index (κ1) is 14.1. The van der Waals surface area contributed by atoms with Crippen molar-refractivity contribution in [3.05, 3.63) is 36.0 Å². The van der Waals surface area contributed by atoms with E-state index in [-0.39, 0.29) is 19.0 Å². The average molecular weight is 276 g/mol. The number of nitrogens with zero attached hydrogens (tertiary/aromatic N) is 1. The van der Waals surface area contributed by atoms with E-state index >= 15 is 0 Å². The molecule has 2 rings (SSSR count). The van der Waals surface area contributed by atoms with Crippen molar-refractivity contribution in [1.29, 1.82) is 0 Å². The Balaban J connectivity index is 2.28. The van der Waals surface area contributed by atoms with Crippen LogP contribution in [0.4, 0.5) is 0 Å². The van der Waals surface area contributed by atoms with Gasteiger partial charge in [0, 0.05) is 30.8 Å². The standard InChI is InChI=1S/C14H16N2O4/c1-20-7-6-16(9-13(17)18)14(19)11-8-15-12-5-3-2-4-10(11)12/h2-5,8,15H,6-7,9H2,1H3,(H,17,18). The van der Waals surface area contributed by atoms with Gasteiger partial charge in [0.15, 0.2) is 0 Å². The van der Waals surface area contributed by atoms with Gasteiger partial charge in [0.25, 0.3) is 5.91 Å². The highest BCUT2D eigenvalue weighted by atomic mass is 16.5. The summed E-state index contributed by atoms with van der Waals surface area (Å²) in [6, 6.07) is 7.40. The molecule has 106 valence electrons. The lowest BCUT2D eigenvalue weighted by Gasteiger charge is -2.19. The second-order valence-electron chi connectivity index (χ2n) is 4.36. The van der Waals surface area contributed by atoms with Crippen LogP contribution < -0.4 is 0 Å². The van der Waals surface area contributed by atoms with Crippen molar-refractivity contribution < 1.29 is 19.4 Å². The number of H-pyrrole nitrogens is 1. The number of methoxy groups -OCH3 is 1. The van der Waals surface area contributed by atoms with Crippen LogP contribution in [-0.2, 0) is 9.53 Å². The molecule has 0 aliphatic carbocycles. The summed E-state index contributed by atoms with van der Waals surface area (Å²) in [7, 11) is 1.51. The summed E-state index contributed by atoms with van der Waals surface area (Å²) in [6.45, 7) is 0.185. The van der Waals surface area contributed by atoms with E-state index in [2.05, 4.69) is 4.98 Å². The van der Waals surface area contributed by atoms with Crippen molar-refractivity contribution in [3.63, 3.8) is 0 Å². The minimum Gasteiger partial charge on any atom is -0.480 e. The number of ether oxygens (including phenoxy) is 1. The van der Waals surface area contributed by atoms with Gasteiger partial charge in [-0.3, -0.25) is 9.59 Å². The number of carboxylic acid groups (broad SMARTS) is 1. The number of para-hydroxylation sites is 1. The first-order valence-electron chi connectivity index (χ1n) is 6.19. The first-order valence-corrected chi connectivity index (χ1v) is 6.19. The number of hydrogen-bond acceptors (Lipinski definition) is 3. The molecule has 2 N–H and O–H groups in total. The molecule has 0 bridgehead atoms. The van der Waals surface area contributed by atoms with Gasteiger partial charge in [-0.15, -0.1) is 0 Å². The molecule has 6 heteroatoms. The first-order chi connectivity index (χ1) is 9.63. The third-order valence-corrected chi connectivity index (χ3v) is 3.00. The van der Waals surface area contributed by atoms with Gasteiger partial charge < -0.3 is 19.7 Å². The maximum atomic E-state index is 12.4. The van der Waals surface area contributed by atoms with Crippen molar-refractivity contribution in [1.82, 2.24) is 9.88 Å². The number of aromatic amines is 1. The minimum atomic E-state index is -1.05. The van der Waals surface area contributed by atoms with Crippen molar-refractivity contribution in [3.8, 4) is 0 Å². The molecule has 0 unspecified atom stereocenters. The van der Waals surface area contributed by atoms with Crippen LogP contribution in [0.2, 0.25) is 0 Å². The zero-order chi connectivity index (χ0) is 14.5. The lowest BCUT2D eigenvalue weighted by molar-refractivity contribution is -0.137. The molecule has 2 aromatic rings. The van der Waals surface area contributed by atoms with Gasteiger partial charge in [0.1, 0.15) is 6.54 Å². The third kappa shape index (κ3) is 2.97. The van der Waals surface area contributed by atoms with Crippen LogP contribution in [0, 0.1) is 0 Å². The maximum Gasteiger partial charge on any atom is 0.323 e. The number of carbonyl (C=O) groups is 2. The number of aromatic nitrogens is 1. The summed E-state index contributed by atoms with van der Waals surface area (Å²) < 4.78 is 4.91. The van der Waals surface area contributed by atoms with Crippen LogP contribution in [0.1, 0.15) is 10.4 Å². The number of hydrogen-bond donors (Lipinski definition) is 2. The average Bonchev–Trinajstić information content (AvgIpc) is 2.86. The Morgan fingerprint density at radius 3 is 2.80 bits per heavy atom. The van der Waals surface area contributed by atoms with E-state index in [0.717, 1.165) is 10.9 Å². The molecule has 0 fully saturated rings. The molecular weight excluding hydrogens is 260 g/mol. The highest BCUT2D eigenvalue weighted by Gasteiger charge is 2.20. The summed E-state index contributed by atoms with van der Waals surface area (Å²) in [5, 5.41) is 9.68. The Morgan fingerprint density at radius 2 is 2.10 bits per heavy atom. The number of carboxylic acids is 1. The Morgan fingerprint density at radius 1 is 1.35 bits per heavy atom. The predicted molar refractivity (Wildman–Crippen MR) is 73.7 cm³/mol. The van der Waals surface area contributed by atoms with Crippen molar-refractivity contribution >= 4 is 22.8 Å². The molecule has 1 aromatic heterocycles. The van der Waals surface area contributed by atoms with Gasteiger partial charge in [0.2, 0.25) is 0 Å². The van der Waals surface area contributed by atoms with Crippen molar-refractivity contribution in [2.75, 3.05) is 26.8 Å². The van der Waals surface area contributed by atoms with Gasteiger partial charge in [-0.05, 0) is 6.07 Å². The smallest absolute Gasteiger partial charge is 0.323 e. The Kier molecular flexibility index (Phi) is 4.37. The molecule has 0 saturated heterocycles. The van der Waals surface area contributed by atoms with Crippen molar-refractivity contribution in [2.45, 2.75) is 0 Å². The Hall–Kier alpha value is -2.34. The number of fused-ring (bicyclic) bond motifs is 1. The molecule has 20 heavy (non-hydrogen) atoms. The number of rotatable bonds is 6. The van der Waals surface area contributed by atoms with Crippen LogP contribution in [0.3, 0.4) is 0 Å². The zero-order valence-electron chi connectivity index (χ0n) is 11.1. The normalized spacial score (nSPS) is 10.7. The third-order valence-electron chi connectivity index (χ3n) is 3.00. The van der Waals surface area contributed by atoms with E-state index in [1.54, 1.807) is 6.20 Å². The SMILES string of the molecule is COCCN(CC(=O)O)C(=O)c1c[nH]c2ccccc12. The van der Waals surface area contributed by atoms with E-state index in [1.807, 2.05) is 24.3 Å². The number of nitrogens with one attached hydrogen (secondary N) is 1. The molecule has 6 nitrogen and oxygen atoms in total. The van der Waals surface area contributed by atoms with E-state index in [1.165, 1.54) is 12.0 Å². The Bertz CT molecular complexity index is 620. The van der Waals surface area contributed by atoms with Crippen LogP contribution >= 0.6 is 0 Å². The minimum absolute atomic E-state index is 0.237. The van der Waals surface area contributed by atoms with Crippen LogP contribution in [0.5, 0.6) is 0 Å². The van der Waals surface area contributed by atoms with E-state index in [4.69, 9.17) is 9.84 Å². The van der Waals surface area contributed by atoms with Crippen molar-refractivity contribution in [2.24, 2.45) is 0 Å². The second kappa shape index (κ2) is 6.21. The van der Waals surface area contributed by atoms with Crippen LogP contribution in [-0.4, -0.2) is 53.7 Å². The molecular formula is C14H16N2O4. The molecule has 0 atom stereocenters. The summed E-state index contributed by atoms with van der Waals surface area (Å²) in [6.07, 6.45) is 1.61. The molecule has 0 aliphatic rings. The van der Waals surface area contributed by atoms with Gasteiger partial charge >= 0.3 is 5.97 Å². The van der Waals surface area contributed by atoms with Gasteiger partial charge in [-0.1, -0.05) is 18.2 Å². The summed E-state index contributed by atoms with van der Waals surface area (Å²) >= 11 is 0. The van der Waals surface area contributed by atoms with E-state index < -0.39 is 5.97 Å². The van der Waals surface area contributed by atoms with Gasteiger partial charge in [-0.2, -0.15) is 0 Å². The summed E-state index contributed by atoms with van der Waals surface area (Å²) in [5.41, 5.74) is 1.32. The highest BCUT2D eigenvalue weighted by Crippen LogP contribution is 2.19. The number of amides is 1. The molecule has 0 spiro atoms. The number of carbonyl (C=O) groups excluding carboxylic acids is 1. The fraction of sp³-hybridized carbons (Fsp3) is 0.286. The van der Waals surface area contributed by atoms with Gasteiger partial charge in [0.05, 0.1) is 12.2 Å². The fourth-order valence-corrected chi connectivity index (χ4v) is 2.04. The Labute approximate surface area is 116 Å². The lowest BCUT2D eigenvalue weighted by atomic mass is 10.1. The molecule has 1 heterocycles. The molecule has 1 aromatic carbocycles. The van der Waals surface area contributed by atoms with Crippen LogP contribution in [0.15, 0.2) is 30.5 Å².